The number of fused-ring (bicyclic) bond motifs is 1. The van der Waals surface area contributed by atoms with Crippen LogP contribution < -0.4 is 27.4 Å². The second kappa shape index (κ2) is 10.9. The molecule has 188 valence electrons. The van der Waals surface area contributed by atoms with Crippen molar-refractivity contribution in [2.24, 2.45) is 16.5 Å². The maximum absolute atomic E-state index is 12.7. The molecule has 2 fully saturated rings. The summed E-state index contributed by atoms with van der Waals surface area (Å²) in [6.45, 7) is 6.03. The zero-order valence-electron chi connectivity index (χ0n) is 19.6. The number of nitrogens with one attached hydrogen (secondary N) is 3. The van der Waals surface area contributed by atoms with Gasteiger partial charge in [0.15, 0.2) is 11.9 Å². The number of likely N-dealkylation sites (N-methyl/N-ethyl adjacent to an activating group) is 1. The van der Waals surface area contributed by atoms with Crippen LogP contribution in [0, 0.1) is 0 Å². The Balaban J connectivity index is 1.27. The molecule has 0 radical (unpaired) electrons. The lowest BCUT2D eigenvalue weighted by Gasteiger charge is -2.32. The lowest BCUT2D eigenvalue weighted by Crippen LogP contribution is -2.56. The number of aliphatic imine (C=N–C) groups is 1. The van der Waals surface area contributed by atoms with Gasteiger partial charge in [-0.3, -0.25) is 19.8 Å². The largest absolute Gasteiger partial charge is 0.385 e. The standard InChI is InChI=1S/C22H35ClN8O3/c1-2-31-15-11-13(4-6-17(32)30-7-9-34-10-8-30)3-5-14(15)27-16(31)12-26-22(33)18-20(24)29-21(25)19(23)28-18/h3,14-16,18,27-28H,2,4-12,25H2,1H3,(H2,24,29)(H,26,33). The van der Waals surface area contributed by atoms with E-state index in [1.807, 2.05) is 4.90 Å². The quantitative estimate of drug-likeness (QED) is 0.226. The predicted octanol–water partition coefficient (Wildman–Crippen LogP) is -0.897. The third-order valence-corrected chi connectivity index (χ3v) is 7.29. The van der Waals surface area contributed by atoms with Crippen LogP contribution in [-0.4, -0.2) is 91.1 Å². The molecular weight excluding hydrogens is 460 g/mol. The van der Waals surface area contributed by atoms with Crippen LogP contribution in [-0.2, 0) is 14.3 Å². The van der Waals surface area contributed by atoms with Crippen molar-refractivity contribution in [3.63, 3.8) is 0 Å². The van der Waals surface area contributed by atoms with E-state index in [0.29, 0.717) is 51.4 Å². The molecule has 4 rings (SSSR count). The number of hydrogen-bond donors (Lipinski definition) is 5. The number of ether oxygens (including phenoxy) is 1. The maximum atomic E-state index is 12.7. The van der Waals surface area contributed by atoms with E-state index >= 15 is 0 Å². The summed E-state index contributed by atoms with van der Waals surface area (Å²) >= 11 is 5.98. The summed E-state index contributed by atoms with van der Waals surface area (Å²) in [5.74, 6) is 0.0526. The van der Waals surface area contributed by atoms with E-state index in [4.69, 9.17) is 27.8 Å². The molecule has 0 aromatic heterocycles. The highest BCUT2D eigenvalue weighted by molar-refractivity contribution is 6.30. The average molecular weight is 495 g/mol. The highest BCUT2D eigenvalue weighted by atomic mass is 35.5. The lowest BCUT2D eigenvalue weighted by atomic mass is 9.88. The number of amidine groups is 1. The maximum Gasteiger partial charge on any atom is 0.250 e. The minimum Gasteiger partial charge on any atom is -0.385 e. The van der Waals surface area contributed by atoms with Gasteiger partial charge in [0, 0.05) is 38.1 Å². The fourth-order valence-electron chi connectivity index (χ4n) is 5.15. The molecule has 4 atom stereocenters. The number of morpholine rings is 1. The zero-order chi connectivity index (χ0) is 24.2. The van der Waals surface area contributed by atoms with E-state index in [1.165, 1.54) is 5.57 Å². The molecule has 34 heavy (non-hydrogen) atoms. The van der Waals surface area contributed by atoms with Crippen LogP contribution in [0.15, 0.2) is 27.6 Å². The first-order valence-corrected chi connectivity index (χ1v) is 12.3. The number of nitrogens with two attached hydrogens (primary N) is 2. The summed E-state index contributed by atoms with van der Waals surface area (Å²) in [5, 5.41) is 9.51. The number of amides is 2. The van der Waals surface area contributed by atoms with Crippen LogP contribution in [0.4, 0.5) is 0 Å². The van der Waals surface area contributed by atoms with Gasteiger partial charge in [0.25, 0.3) is 5.91 Å². The topological polar surface area (TPSA) is 150 Å². The Hall–Kier alpha value is -2.34. The number of hydrogen-bond acceptors (Lipinski definition) is 9. The Bertz CT molecular complexity index is 885. The molecule has 0 spiro atoms. The van der Waals surface area contributed by atoms with Crippen LogP contribution in [0.25, 0.3) is 0 Å². The molecule has 0 saturated carbocycles. The van der Waals surface area contributed by atoms with Gasteiger partial charge in [0.1, 0.15) is 11.0 Å². The molecular formula is C22H35ClN8O3. The van der Waals surface area contributed by atoms with Crippen LogP contribution in [0.3, 0.4) is 0 Å². The summed E-state index contributed by atoms with van der Waals surface area (Å²) in [7, 11) is 0. The molecule has 0 bridgehead atoms. The van der Waals surface area contributed by atoms with Gasteiger partial charge >= 0.3 is 0 Å². The Labute approximate surface area is 204 Å². The summed E-state index contributed by atoms with van der Waals surface area (Å²) in [4.78, 5) is 33.4. The molecule has 1 aliphatic carbocycles. The minimum atomic E-state index is -0.851. The number of rotatable bonds is 7. The van der Waals surface area contributed by atoms with Gasteiger partial charge < -0.3 is 31.7 Å². The molecule has 2 amide bonds. The Kier molecular flexibility index (Phi) is 7.97. The first kappa shape index (κ1) is 24.8. The van der Waals surface area contributed by atoms with Crippen molar-refractivity contribution >= 4 is 29.3 Å². The predicted molar refractivity (Wildman–Crippen MR) is 129 cm³/mol. The van der Waals surface area contributed by atoms with E-state index < -0.39 is 6.04 Å². The van der Waals surface area contributed by atoms with Crippen LogP contribution in [0.2, 0.25) is 0 Å². The van der Waals surface area contributed by atoms with Crippen LogP contribution in [0.5, 0.6) is 0 Å². The van der Waals surface area contributed by atoms with Crippen LogP contribution in [0.1, 0.15) is 32.6 Å². The molecule has 7 N–H and O–H groups in total. The van der Waals surface area contributed by atoms with Gasteiger partial charge in [-0.15, -0.1) is 0 Å². The zero-order valence-corrected chi connectivity index (χ0v) is 20.3. The van der Waals surface area contributed by atoms with Gasteiger partial charge in [-0.05, 0) is 25.8 Å². The van der Waals surface area contributed by atoms with Crippen molar-refractivity contribution in [1.29, 1.82) is 0 Å². The van der Waals surface area contributed by atoms with E-state index in [2.05, 4.69) is 38.8 Å². The highest BCUT2D eigenvalue weighted by Gasteiger charge is 2.41. The molecule has 12 heteroatoms. The number of halogens is 1. The Morgan fingerprint density at radius 1 is 1.32 bits per heavy atom. The van der Waals surface area contributed by atoms with Crippen molar-refractivity contribution in [3.05, 3.63) is 22.6 Å². The SMILES string of the molecule is CCN1C(CNC(=O)C2NC(Cl)=C(N)N=C2N)NC2CC=C(CCC(=O)N3CCOCC3)CC21. The number of carbonyl (C=O) groups is 2. The number of carbonyl (C=O) groups excluding carboxylic acids is 2. The Morgan fingerprint density at radius 3 is 2.82 bits per heavy atom. The molecule has 0 aromatic carbocycles. The smallest absolute Gasteiger partial charge is 0.250 e. The molecule has 11 nitrogen and oxygen atoms in total. The van der Waals surface area contributed by atoms with Crippen molar-refractivity contribution in [3.8, 4) is 0 Å². The van der Waals surface area contributed by atoms with E-state index in [1.54, 1.807) is 0 Å². The van der Waals surface area contributed by atoms with Crippen molar-refractivity contribution in [1.82, 2.24) is 25.8 Å². The third kappa shape index (κ3) is 5.48. The minimum absolute atomic E-state index is 0.00418. The molecule has 4 unspecified atom stereocenters. The van der Waals surface area contributed by atoms with Gasteiger partial charge in [-0.25, -0.2) is 4.99 Å². The van der Waals surface area contributed by atoms with Gasteiger partial charge in [-0.2, -0.15) is 0 Å². The van der Waals surface area contributed by atoms with E-state index in [0.717, 1.165) is 25.8 Å². The van der Waals surface area contributed by atoms with E-state index in [-0.39, 0.29) is 34.8 Å². The first-order chi connectivity index (χ1) is 16.4. The molecule has 4 aliphatic rings. The Morgan fingerprint density at radius 2 is 2.09 bits per heavy atom. The summed E-state index contributed by atoms with van der Waals surface area (Å²) < 4.78 is 5.34. The van der Waals surface area contributed by atoms with Gasteiger partial charge in [-0.1, -0.05) is 30.2 Å². The normalized spacial score (nSPS) is 29.8. The summed E-state index contributed by atoms with van der Waals surface area (Å²) in [5.41, 5.74) is 12.8. The number of nitrogens with zero attached hydrogens (tertiary/aromatic N) is 3. The highest BCUT2D eigenvalue weighted by Crippen LogP contribution is 2.31. The van der Waals surface area contributed by atoms with Gasteiger partial charge in [0.2, 0.25) is 5.91 Å². The lowest BCUT2D eigenvalue weighted by molar-refractivity contribution is -0.135. The van der Waals surface area contributed by atoms with Crippen molar-refractivity contribution in [2.45, 2.75) is 56.9 Å². The molecule has 2 saturated heterocycles. The van der Waals surface area contributed by atoms with Crippen molar-refractivity contribution in [2.75, 3.05) is 39.4 Å². The van der Waals surface area contributed by atoms with E-state index in [9.17, 15) is 9.59 Å². The molecule has 3 heterocycles. The fraction of sp³-hybridized carbons (Fsp3) is 0.682. The monoisotopic (exact) mass is 494 g/mol. The van der Waals surface area contributed by atoms with Crippen molar-refractivity contribution < 1.29 is 14.3 Å². The third-order valence-electron chi connectivity index (χ3n) is 6.99. The van der Waals surface area contributed by atoms with Crippen LogP contribution >= 0.6 is 11.6 Å². The second-order valence-electron chi connectivity index (χ2n) is 9.04. The molecule has 3 aliphatic heterocycles. The fourth-order valence-corrected chi connectivity index (χ4v) is 5.30. The summed E-state index contributed by atoms with van der Waals surface area (Å²) in [6.07, 6.45) is 5.45. The summed E-state index contributed by atoms with van der Waals surface area (Å²) in [6, 6.07) is -0.199. The average Bonchev–Trinajstić information content (AvgIpc) is 3.20. The first-order valence-electron chi connectivity index (χ1n) is 12.0. The van der Waals surface area contributed by atoms with Gasteiger partial charge in [0.05, 0.1) is 19.4 Å². The molecule has 0 aromatic rings. The second-order valence-corrected chi connectivity index (χ2v) is 9.42.